The van der Waals surface area contributed by atoms with E-state index in [-0.39, 0.29) is 0 Å². The van der Waals surface area contributed by atoms with Crippen molar-refractivity contribution in [1.29, 1.82) is 0 Å². The molecule has 1 aromatic heterocycles. The SMILES string of the molecule is COc1cc(OC)c(-c2cscn2)cc1Cl. The summed E-state index contributed by atoms with van der Waals surface area (Å²) < 4.78 is 10.4. The fraction of sp³-hybridized carbons (Fsp3) is 0.182. The third-order valence-electron chi connectivity index (χ3n) is 2.18. The van der Waals surface area contributed by atoms with Gasteiger partial charge in [-0.05, 0) is 6.07 Å². The van der Waals surface area contributed by atoms with Crippen molar-refractivity contribution >= 4 is 22.9 Å². The molecule has 0 aliphatic rings. The second-order valence-corrected chi connectivity index (χ2v) is 4.19. The van der Waals surface area contributed by atoms with E-state index in [9.17, 15) is 0 Å². The van der Waals surface area contributed by atoms with Crippen molar-refractivity contribution in [2.45, 2.75) is 0 Å². The van der Waals surface area contributed by atoms with Crippen molar-refractivity contribution < 1.29 is 9.47 Å². The van der Waals surface area contributed by atoms with Gasteiger partial charge in [-0.1, -0.05) is 11.6 Å². The molecule has 84 valence electrons. The number of halogens is 1. The first kappa shape index (κ1) is 11.2. The van der Waals surface area contributed by atoms with Crippen LogP contribution >= 0.6 is 22.9 Å². The Morgan fingerprint density at radius 1 is 1.19 bits per heavy atom. The maximum atomic E-state index is 6.07. The van der Waals surface area contributed by atoms with Crippen LogP contribution in [0.5, 0.6) is 11.5 Å². The standard InChI is InChI=1S/C11H10ClNO2S/c1-14-10-4-11(15-2)8(12)3-7(10)9-5-16-6-13-9/h3-6H,1-2H3. The molecule has 0 saturated heterocycles. The van der Waals surface area contributed by atoms with Gasteiger partial charge < -0.3 is 9.47 Å². The molecule has 0 saturated carbocycles. The zero-order chi connectivity index (χ0) is 11.5. The van der Waals surface area contributed by atoms with Crippen LogP contribution in [0.2, 0.25) is 5.02 Å². The molecule has 2 rings (SSSR count). The number of rotatable bonds is 3. The van der Waals surface area contributed by atoms with Crippen LogP contribution in [-0.4, -0.2) is 19.2 Å². The van der Waals surface area contributed by atoms with Crippen LogP contribution < -0.4 is 9.47 Å². The summed E-state index contributed by atoms with van der Waals surface area (Å²) in [5, 5.41) is 2.49. The molecule has 0 aliphatic heterocycles. The monoisotopic (exact) mass is 255 g/mol. The van der Waals surface area contributed by atoms with Crippen LogP contribution in [0, 0.1) is 0 Å². The molecule has 0 bridgehead atoms. The fourth-order valence-electron chi connectivity index (χ4n) is 1.41. The van der Waals surface area contributed by atoms with Crippen molar-refractivity contribution in [1.82, 2.24) is 4.98 Å². The predicted molar refractivity (Wildman–Crippen MR) is 65.7 cm³/mol. The van der Waals surface area contributed by atoms with E-state index in [1.54, 1.807) is 31.9 Å². The second-order valence-electron chi connectivity index (χ2n) is 3.06. The van der Waals surface area contributed by atoms with E-state index in [4.69, 9.17) is 21.1 Å². The lowest BCUT2D eigenvalue weighted by molar-refractivity contribution is 0.395. The lowest BCUT2D eigenvalue weighted by atomic mass is 10.1. The first-order valence-corrected chi connectivity index (χ1v) is 5.88. The van der Waals surface area contributed by atoms with Crippen molar-refractivity contribution in [3.8, 4) is 22.8 Å². The number of hydrogen-bond acceptors (Lipinski definition) is 4. The smallest absolute Gasteiger partial charge is 0.141 e. The third kappa shape index (κ3) is 1.99. The summed E-state index contributed by atoms with van der Waals surface area (Å²) in [5.74, 6) is 1.30. The highest BCUT2D eigenvalue weighted by atomic mass is 35.5. The van der Waals surface area contributed by atoms with Gasteiger partial charge in [0.05, 0.1) is 30.4 Å². The van der Waals surface area contributed by atoms with E-state index in [1.807, 2.05) is 5.38 Å². The maximum absolute atomic E-state index is 6.07. The fourth-order valence-corrected chi connectivity index (χ4v) is 2.20. The Balaban J connectivity index is 2.57. The van der Waals surface area contributed by atoms with Gasteiger partial charge in [-0.2, -0.15) is 0 Å². The number of methoxy groups -OCH3 is 2. The van der Waals surface area contributed by atoms with Crippen molar-refractivity contribution in [3.63, 3.8) is 0 Å². The summed E-state index contributed by atoms with van der Waals surface area (Å²) >= 11 is 7.60. The van der Waals surface area contributed by atoms with Gasteiger partial charge in [0.2, 0.25) is 0 Å². The Bertz CT molecular complexity index is 485. The molecule has 0 aliphatic carbocycles. The Kier molecular flexibility index (Phi) is 3.31. The van der Waals surface area contributed by atoms with Gasteiger partial charge in [-0.25, -0.2) is 4.98 Å². The molecule has 1 aromatic carbocycles. The van der Waals surface area contributed by atoms with Crippen molar-refractivity contribution in [2.75, 3.05) is 14.2 Å². The molecular weight excluding hydrogens is 246 g/mol. The van der Waals surface area contributed by atoms with Gasteiger partial charge in [0.15, 0.2) is 0 Å². The molecule has 0 unspecified atom stereocenters. The van der Waals surface area contributed by atoms with E-state index in [2.05, 4.69) is 4.98 Å². The van der Waals surface area contributed by atoms with E-state index in [0.717, 1.165) is 11.3 Å². The maximum Gasteiger partial charge on any atom is 0.141 e. The van der Waals surface area contributed by atoms with Crippen LogP contribution in [0.15, 0.2) is 23.0 Å². The molecule has 0 atom stereocenters. The molecule has 0 amide bonds. The molecule has 0 N–H and O–H groups in total. The number of aromatic nitrogens is 1. The normalized spacial score (nSPS) is 10.2. The molecule has 16 heavy (non-hydrogen) atoms. The summed E-state index contributed by atoms with van der Waals surface area (Å²) in [6.07, 6.45) is 0. The third-order valence-corrected chi connectivity index (χ3v) is 3.06. The minimum atomic E-state index is 0.548. The highest BCUT2D eigenvalue weighted by Gasteiger charge is 2.12. The summed E-state index contributed by atoms with van der Waals surface area (Å²) in [6, 6.07) is 3.56. The number of benzene rings is 1. The van der Waals surface area contributed by atoms with Crippen molar-refractivity contribution in [3.05, 3.63) is 28.0 Å². The van der Waals surface area contributed by atoms with Crippen LogP contribution in [0.1, 0.15) is 0 Å². The summed E-state index contributed by atoms with van der Waals surface area (Å²) in [7, 11) is 3.18. The minimum Gasteiger partial charge on any atom is -0.496 e. The van der Waals surface area contributed by atoms with Gasteiger partial charge in [0.1, 0.15) is 11.5 Å². The quantitative estimate of drug-likeness (QED) is 0.841. The second kappa shape index (κ2) is 4.72. The Hall–Kier alpha value is -1.26. The molecule has 0 fully saturated rings. The molecule has 2 aromatic rings. The Morgan fingerprint density at radius 3 is 2.50 bits per heavy atom. The van der Waals surface area contributed by atoms with Gasteiger partial charge in [-0.3, -0.25) is 0 Å². The number of nitrogens with zero attached hydrogens (tertiary/aromatic N) is 1. The lowest BCUT2D eigenvalue weighted by Gasteiger charge is -2.10. The number of thiazole rings is 1. The molecule has 5 heteroatoms. The summed E-state index contributed by atoms with van der Waals surface area (Å²) in [5.41, 5.74) is 3.49. The Labute approximate surface area is 103 Å². The van der Waals surface area contributed by atoms with Gasteiger partial charge >= 0.3 is 0 Å². The van der Waals surface area contributed by atoms with Gasteiger partial charge in [0, 0.05) is 17.0 Å². The highest BCUT2D eigenvalue weighted by molar-refractivity contribution is 7.07. The zero-order valence-electron chi connectivity index (χ0n) is 8.86. The summed E-state index contributed by atoms with van der Waals surface area (Å²) in [4.78, 5) is 4.23. The Morgan fingerprint density at radius 2 is 1.94 bits per heavy atom. The van der Waals surface area contributed by atoms with Gasteiger partial charge in [-0.15, -0.1) is 11.3 Å². The zero-order valence-corrected chi connectivity index (χ0v) is 10.4. The van der Waals surface area contributed by atoms with E-state index in [1.165, 1.54) is 11.3 Å². The van der Waals surface area contributed by atoms with Crippen LogP contribution in [0.25, 0.3) is 11.3 Å². The molecule has 1 heterocycles. The van der Waals surface area contributed by atoms with Gasteiger partial charge in [0.25, 0.3) is 0 Å². The van der Waals surface area contributed by atoms with Crippen LogP contribution in [0.4, 0.5) is 0 Å². The van der Waals surface area contributed by atoms with E-state index in [0.29, 0.717) is 16.5 Å². The van der Waals surface area contributed by atoms with Crippen LogP contribution in [0.3, 0.4) is 0 Å². The molecule has 0 radical (unpaired) electrons. The molecular formula is C11H10ClNO2S. The number of ether oxygens (including phenoxy) is 2. The minimum absolute atomic E-state index is 0.548. The molecule has 0 spiro atoms. The highest BCUT2D eigenvalue weighted by Crippen LogP contribution is 2.37. The molecule has 3 nitrogen and oxygen atoms in total. The largest absolute Gasteiger partial charge is 0.496 e. The van der Waals surface area contributed by atoms with E-state index >= 15 is 0 Å². The average Bonchev–Trinajstić information content (AvgIpc) is 2.82. The first-order chi connectivity index (χ1) is 7.76. The predicted octanol–water partition coefficient (Wildman–Crippen LogP) is 3.48. The van der Waals surface area contributed by atoms with Crippen molar-refractivity contribution in [2.24, 2.45) is 0 Å². The topological polar surface area (TPSA) is 31.4 Å². The first-order valence-electron chi connectivity index (χ1n) is 4.56. The lowest BCUT2D eigenvalue weighted by Crippen LogP contribution is -1.91. The summed E-state index contributed by atoms with van der Waals surface area (Å²) in [6.45, 7) is 0. The number of hydrogen-bond donors (Lipinski definition) is 0. The van der Waals surface area contributed by atoms with Crippen LogP contribution in [-0.2, 0) is 0 Å². The van der Waals surface area contributed by atoms with E-state index < -0.39 is 0 Å². The average molecular weight is 256 g/mol.